The van der Waals surface area contributed by atoms with Gasteiger partial charge in [0.15, 0.2) is 12.2 Å². The molecule has 0 aromatic heterocycles. The number of carbonyl (C=O) groups is 2. The summed E-state index contributed by atoms with van der Waals surface area (Å²) >= 11 is 0. The molecule has 1 aromatic carbocycles. The van der Waals surface area contributed by atoms with Gasteiger partial charge in [-0.3, -0.25) is 0 Å². The van der Waals surface area contributed by atoms with E-state index in [1.165, 1.54) is 6.92 Å². The van der Waals surface area contributed by atoms with Gasteiger partial charge in [0, 0.05) is 29.9 Å². The van der Waals surface area contributed by atoms with Crippen LogP contribution in [0.5, 0.6) is 11.5 Å². The summed E-state index contributed by atoms with van der Waals surface area (Å²) in [4.78, 5) is 24.3. The van der Waals surface area contributed by atoms with Gasteiger partial charge in [-0.05, 0) is 26.3 Å². The van der Waals surface area contributed by atoms with Crippen LogP contribution < -0.4 is 4.74 Å². The van der Waals surface area contributed by atoms with Gasteiger partial charge < -0.3 is 34.3 Å². The van der Waals surface area contributed by atoms with Gasteiger partial charge in [0.05, 0.1) is 18.6 Å². The molecule has 2 saturated heterocycles. The molecule has 168 valence electrons. The van der Waals surface area contributed by atoms with E-state index in [2.05, 4.69) is 0 Å². The van der Waals surface area contributed by atoms with Gasteiger partial charge >= 0.3 is 11.9 Å². The summed E-state index contributed by atoms with van der Waals surface area (Å²) < 4.78 is 23.5. The summed E-state index contributed by atoms with van der Waals surface area (Å²) in [6.45, 7) is 5.28. The molecule has 0 amide bonds. The maximum absolute atomic E-state index is 12.3. The Bertz CT molecular complexity index is 972. The highest BCUT2D eigenvalue weighted by Gasteiger charge is 2.60. The lowest BCUT2D eigenvalue weighted by atomic mass is 9.75. The average molecular weight is 434 g/mol. The zero-order chi connectivity index (χ0) is 22.3. The Hall–Kier alpha value is -2.36. The van der Waals surface area contributed by atoms with E-state index < -0.39 is 41.6 Å². The van der Waals surface area contributed by atoms with E-state index in [0.29, 0.717) is 29.7 Å². The molecule has 0 radical (unpaired) electrons. The predicted molar refractivity (Wildman–Crippen MR) is 103 cm³/mol. The number of fused-ring (bicyclic) bond motifs is 2. The molecule has 3 N–H and O–H groups in total. The molecule has 0 unspecified atom stereocenters. The molecule has 0 bridgehead atoms. The van der Waals surface area contributed by atoms with Crippen molar-refractivity contribution >= 4 is 11.9 Å². The van der Waals surface area contributed by atoms with Crippen LogP contribution in [-0.2, 0) is 25.4 Å². The van der Waals surface area contributed by atoms with Crippen LogP contribution >= 0.6 is 0 Å². The summed E-state index contributed by atoms with van der Waals surface area (Å²) in [5.41, 5.74) is 0.000190. The Labute approximate surface area is 178 Å². The normalized spacial score (nSPS) is 39.6. The first-order chi connectivity index (χ1) is 14.5. The summed E-state index contributed by atoms with van der Waals surface area (Å²) in [7, 11) is 0. The van der Waals surface area contributed by atoms with Crippen LogP contribution in [0.1, 0.15) is 67.6 Å². The van der Waals surface area contributed by atoms with E-state index >= 15 is 0 Å². The predicted octanol–water partition coefficient (Wildman–Crippen LogP) is 1.50. The molecule has 31 heavy (non-hydrogen) atoms. The molecule has 4 aliphatic rings. The second kappa shape index (κ2) is 6.57. The van der Waals surface area contributed by atoms with Crippen LogP contribution in [0, 0.1) is 5.92 Å². The lowest BCUT2D eigenvalue weighted by Gasteiger charge is -2.51. The van der Waals surface area contributed by atoms with Gasteiger partial charge in [0.2, 0.25) is 5.79 Å². The van der Waals surface area contributed by atoms with E-state index in [0.717, 1.165) is 0 Å². The fourth-order valence-corrected chi connectivity index (χ4v) is 5.59. The average Bonchev–Trinajstić information content (AvgIpc) is 3.12. The van der Waals surface area contributed by atoms with Gasteiger partial charge in [0.25, 0.3) is 0 Å². The molecule has 0 saturated carbocycles. The Balaban J connectivity index is 1.56. The minimum Gasteiger partial charge on any atom is -0.507 e. The molecule has 4 heterocycles. The number of phenolic OH excluding ortho intramolecular Hbond substituents is 1. The molecular formula is C22H26O9. The van der Waals surface area contributed by atoms with Crippen molar-refractivity contribution in [2.75, 3.05) is 0 Å². The molecule has 9 nitrogen and oxygen atoms in total. The molecule has 5 rings (SSSR count). The first kappa shape index (κ1) is 20.5. The van der Waals surface area contributed by atoms with Crippen LogP contribution in [0.15, 0.2) is 6.07 Å². The first-order valence-corrected chi connectivity index (χ1v) is 10.6. The third-order valence-electron chi connectivity index (χ3n) is 6.91. The van der Waals surface area contributed by atoms with Crippen LogP contribution in [0.25, 0.3) is 0 Å². The van der Waals surface area contributed by atoms with Gasteiger partial charge in [-0.1, -0.05) is 6.92 Å². The number of benzene rings is 1. The highest BCUT2D eigenvalue weighted by atomic mass is 16.7. The highest BCUT2D eigenvalue weighted by molar-refractivity contribution is 5.98. The van der Waals surface area contributed by atoms with Crippen LogP contribution in [0.4, 0.5) is 0 Å². The Morgan fingerprint density at radius 2 is 1.94 bits per heavy atom. The van der Waals surface area contributed by atoms with Gasteiger partial charge in [0.1, 0.15) is 22.7 Å². The van der Waals surface area contributed by atoms with Crippen molar-refractivity contribution < 1.29 is 43.9 Å². The number of aliphatic hydroxyl groups excluding tert-OH is 2. The second-order valence-electron chi connectivity index (χ2n) is 9.39. The minimum atomic E-state index is -1.17. The number of carbonyl (C=O) groups excluding carboxylic acids is 2. The third kappa shape index (κ3) is 2.94. The number of hydrogen-bond acceptors (Lipinski definition) is 9. The van der Waals surface area contributed by atoms with E-state index in [1.54, 1.807) is 6.07 Å². The second-order valence-corrected chi connectivity index (χ2v) is 9.39. The molecule has 0 aliphatic carbocycles. The van der Waals surface area contributed by atoms with Crippen molar-refractivity contribution in [3.63, 3.8) is 0 Å². The van der Waals surface area contributed by atoms with E-state index in [-0.39, 0.29) is 36.2 Å². The maximum Gasteiger partial charge on any atom is 0.343 e. The number of cyclic esters (lactones) is 1. The van der Waals surface area contributed by atoms with Crippen molar-refractivity contribution in [1.29, 1.82) is 0 Å². The largest absolute Gasteiger partial charge is 0.507 e. The highest BCUT2D eigenvalue weighted by Crippen LogP contribution is 2.54. The topological polar surface area (TPSA) is 132 Å². The van der Waals surface area contributed by atoms with Crippen molar-refractivity contribution in [3.8, 4) is 11.5 Å². The Kier molecular flexibility index (Phi) is 4.35. The van der Waals surface area contributed by atoms with Gasteiger partial charge in [-0.15, -0.1) is 0 Å². The molecule has 9 heteroatoms. The lowest BCUT2D eigenvalue weighted by molar-refractivity contribution is -0.298. The molecule has 1 aromatic rings. The zero-order valence-corrected chi connectivity index (χ0v) is 17.6. The Morgan fingerprint density at radius 1 is 1.19 bits per heavy atom. The van der Waals surface area contributed by atoms with Crippen molar-refractivity contribution in [1.82, 2.24) is 0 Å². The van der Waals surface area contributed by atoms with Crippen molar-refractivity contribution in [3.05, 3.63) is 22.8 Å². The van der Waals surface area contributed by atoms with Crippen LogP contribution in [0.3, 0.4) is 0 Å². The molecule has 4 aliphatic heterocycles. The summed E-state index contributed by atoms with van der Waals surface area (Å²) in [6.07, 6.45) is -2.12. The summed E-state index contributed by atoms with van der Waals surface area (Å²) in [5, 5.41) is 30.9. The fraction of sp³-hybridized carbons (Fsp3) is 0.636. The van der Waals surface area contributed by atoms with E-state index in [1.807, 2.05) is 13.8 Å². The lowest BCUT2D eigenvalue weighted by Crippen LogP contribution is -2.59. The summed E-state index contributed by atoms with van der Waals surface area (Å²) in [6, 6.07) is 1.62. The number of aromatic hydroxyl groups is 1. The van der Waals surface area contributed by atoms with Gasteiger partial charge in [-0.2, -0.15) is 0 Å². The van der Waals surface area contributed by atoms with Crippen LogP contribution in [0.2, 0.25) is 0 Å². The van der Waals surface area contributed by atoms with Crippen molar-refractivity contribution in [2.24, 2.45) is 5.92 Å². The quantitative estimate of drug-likeness (QED) is 0.563. The first-order valence-electron chi connectivity index (χ1n) is 10.6. The van der Waals surface area contributed by atoms with Crippen molar-refractivity contribution in [2.45, 2.75) is 82.3 Å². The molecule has 2 fully saturated rings. The smallest absolute Gasteiger partial charge is 0.343 e. The number of rotatable bonds is 1. The molecule has 2 spiro atoms. The maximum atomic E-state index is 12.3. The van der Waals surface area contributed by atoms with Gasteiger partial charge in [-0.25, -0.2) is 9.59 Å². The number of esters is 2. The number of ether oxygens (including phenoxy) is 4. The SMILES string of the molecule is C[C@H](O)[C@H]1OC(=O)c2c1cc1c(c2O)C[C@H](C)[C@@]2(C[C@]3(C[C@@H](O)C(=O)O3)C[C@H](C)O2)O1. The summed E-state index contributed by atoms with van der Waals surface area (Å²) in [5.74, 6) is -2.57. The monoisotopic (exact) mass is 434 g/mol. The number of phenols is 1. The minimum absolute atomic E-state index is 0.0543. The molecular weight excluding hydrogens is 408 g/mol. The number of hydrogen-bond donors (Lipinski definition) is 3. The fourth-order valence-electron chi connectivity index (χ4n) is 5.59. The standard InChI is InChI=1S/C22H26O9/c1-9-4-12-15(5-13-16(17(12)25)20(27)28-18(13)11(3)23)30-22(9)8-21(6-10(2)29-22)7-14(24)19(26)31-21/h5,9-11,14,18,23-25H,4,6-8H2,1-3H3/t9-,10-,11-,14+,18+,21+,22+/m0/s1. The number of aliphatic hydroxyl groups is 2. The van der Waals surface area contributed by atoms with E-state index in [9.17, 15) is 24.9 Å². The van der Waals surface area contributed by atoms with Crippen LogP contribution in [-0.4, -0.2) is 57.0 Å². The zero-order valence-electron chi connectivity index (χ0n) is 17.6. The third-order valence-corrected chi connectivity index (χ3v) is 6.91. The van der Waals surface area contributed by atoms with E-state index in [4.69, 9.17) is 18.9 Å². The Morgan fingerprint density at radius 3 is 2.58 bits per heavy atom. The molecule has 7 atom stereocenters.